The monoisotopic (exact) mass is 593 g/mol. The number of anilines is 1. The third-order valence-electron chi connectivity index (χ3n) is 8.97. The molecule has 1 aromatic rings. The van der Waals surface area contributed by atoms with Gasteiger partial charge in [0.05, 0.1) is 5.69 Å². The molecule has 4 N–H and O–H groups in total. The standard InChI is InChI=1S/C30H42F3N5O4/c1-18(26(36-24(39)16-19-8-9-19)28(41)38-14-12-37(2)13-15-38)21-10-11-23(22(31)17-21)35-27(40)25(30(32,33)29(34)42)20-6-4-3-5-7-20/h10-11,17-20,25-26H,3-9,12-16H2,1-2H3,(H2,34,42)(H,35,40)(H,36,39)/t18-,25-,26+/m0/s1. The van der Waals surface area contributed by atoms with Crippen LogP contribution in [-0.4, -0.2) is 78.6 Å². The fourth-order valence-electron chi connectivity index (χ4n) is 6.06. The first-order valence-corrected chi connectivity index (χ1v) is 14.9. The van der Waals surface area contributed by atoms with Gasteiger partial charge in [0, 0.05) is 38.5 Å². The highest BCUT2D eigenvalue weighted by molar-refractivity contribution is 5.98. The molecule has 1 heterocycles. The van der Waals surface area contributed by atoms with Crippen molar-refractivity contribution in [2.75, 3.05) is 38.5 Å². The topological polar surface area (TPSA) is 125 Å². The van der Waals surface area contributed by atoms with E-state index in [1.807, 2.05) is 7.05 Å². The van der Waals surface area contributed by atoms with Crippen molar-refractivity contribution in [3.8, 4) is 0 Å². The molecule has 1 saturated heterocycles. The van der Waals surface area contributed by atoms with Gasteiger partial charge in [0.15, 0.2) is 0 Å². The van der Waals surface area contributed by atoms with Crippen LogP contribution in [0, 0.1) is 23.6 Å². The van der Waals surface area contributed by atoms with E-state index in [1.54, 1.807) is 11.8 Å². The van der Waals surface area contributed by atoms with E-state index >= 15 is 4.39 Å². The van der Waals surface area contributed by atoms with Crippen molar-refractivity contribution < 1.29 is 32.3 Å². The molecule has 4 amide bonds. The van der Waals surface area contributed by atoms with Gasteiger partial charge < -0.3 is 26.2 Å². The Bertz CT molecular complexity index is 1160. The maximum atomic E-state index is 15.4. The molecular weight excluding hydrogens is 551 g/mol. The molecule has 0 bridgehead atoms. The summed E-state index contributed by atoms with van der Waals surface area (Å²) in [7, 11) is 1.97. The van der Waals surface area contributed by atoms with Crippen molar-refractivity contribution in [1.29, 1.82) is 0 Å². The quantitative estimate of drug-likeness (QED) is 0.364. The molecule has 1 aromatic carbocycles. The number of benzene rings is 1. The summed E-state index contributed by atoms with van der Waals surface area (Å²) in [6.07, 6.45) is 5.11. The van der Waals surface area contributed by atoms with Crippen LogP contribution in [0.4, 0.5) is 18.9 Å². The van der Waals surface area contributed by atoms with Crippen molar-refractivity contribution >= 4 is 29.3 Å². The number of carbonyl (C=O) groups is 4. The highest BCUT2D eigenvalue weighted by Gasteiger charge is 2.53. The Hall–Kier alpha value is -3.15. The number of halogens is 3. The minimum Gasteiger partial charge on any atom is -0.364 e. The second-order valence-corrected chi connectivity index (χ2v) is 12.2. The molecule has 232 valence electrons. The Morgan fingerprint density at radius 3 is 2.24 bits per heavy atom. The fraction of sp³-hybridized carbons (Fsp3) is 0.667. The first-order valence-electron chi connectivity index (χ1n) is 14.9. The minimum atomic E-state index is -4.09. The van der Waals surface area contributed by atoms with Gasteiger partial charge in [0.1, 0.15) is 17.8 Å². The zero-order valence-corrected chi connectivity index (χ0v) is 24.3. The summed E-state index contributed by atoms with van der Waals surface area (Å²) in [4.78, 5) is 54.8. The van der Waals surface area contributed by atoms with E-state index in [0.717, 1.165) is 25.3 Å². The van der Waals surface area contributed by atoms with Gasteiger partial charge in [-0.25, -0.2) is 4.39 Å². The smallest absolute Gasteiger partial charge is 0.336 e. The third-order valence-corrected chi connectivity index (χ3v) is 8.97. The van der Waals surface area contributed by atoms with Gasteiger partial charge in [-0.2, -0.15) is 8.78 Å². The zero-order chi connectivity index (χ0) is 30.6. The van der Waals surface area contributed by atoms with Gasteiger partial charge >= 0.3 is 5.92 Å². The van der Waals surface area contributed by atoms with Crippen molar-refractivity contribution in [2.45, 2.75) is 76.2 Å². The second-order valence-electron chi connectivity index (χ2n) is 12.2. The first-order chi connectivity index (χ1) is 19.9. The van der Waals surface area contributed by atoms with Crippen LogP contribution >= 0.6 is 0 Å². The Balaban J connectivity index is 1.52. The molecule has 9 nitrogen and oxygen atoms in total. The van der Waals surface area contributed by atoms with Crippen molar-refractivity contribution in [2.24, 2.45) is 23.5 Å². The predicted octanol–water partition coefficient (Wildman–Crippen LogP) is 3.24. The molecule has 3 aliphatic rings. The lowest BCUT2D eigenvalue weighted by Gasteiger charge is -2.36. The number of carbonyl (C=O) groups excluding carboxylic acids is 4. The van der Waals surface area contributed by atoms with Crippen LogP contribution in [-0.2, 0) is 19.2 Å². The van der Waals surface area contributed by atoms with Gasteiger partial charge in [-0.1, -0.05) is 32.3 Å². The SMILES string of the molecule is C[C@@H](c1ccc(NC(=O)[C@H](C2CCCCC2)C(F)(F)C(N)=O)c(F)c1)[C@@H](NC(=O)CC1CC1)C(=O)N1CCN(C)CC1. The van der Waals surface area contributed by atoms with Crippen molar-refractivity contribution in [3.63, 3.8) is 0 Å². The summed E-state index contributed by atoms with van der Waals surface area (Å²) in [6, 6.07) is 2.97. The summed E-state index contributed by atoms with van der Waals surface area (Å²) >= 11 is 0. The predicted molar refractivity (Wildman–Crippen MR) is 151 cm³/mol. The van der Waals surface area contributed by atoms with E-state index in [9.17, 15) is 28.0 Å². The minimum absolute atomic E-state index is 0.231. The van der Waals surface area contributed by atoms with Gasteiger partial charge in [-0.3, -0.25) is 19.2 Å². The average molecular weight is 594 g/mol. The maximum absolute atomic E-state index is 15.4. The van der Waals surface area contributed by atoms with Crippen LogP contribution in [0.2, 0.25) is 0 Å². The normalized spacial score (nSPS) is 20.8. The molecule has 42 heavy (non-hydrogen) atoms. The van der Waals surface area contributed by atoms with Crippen LogP contribution in [0.3, 0.4) is 0 Å². The molecule has 0 radical (unpaired) electrons. The Kier molecular flexibility index (Phi) is 10.2. The first kappa shape index (κ1) is 31.8. The largest absolute Gasteiger partial charge is 0.364 e. The van der Waals surface area contributed by atoms with Gasteiger partial charge in [0.2, 0.25) is 17.7 Å². The number of likely N-dealkylation sites (N-methyl/N-ethyl adjacent to an activating group) is 1. The lowest BCUT2D eigenvalue weighted by Crippen LogP contribution is -2.55. The number of primary amides is 1. The molecule has 3 atom stereocenters. The molecule has 0 spiro atoms. The number of amides is 4. The summed E-state index contributed by atoms with van der Waals surface area (Å²) < 4.78 is 45.0. The number of alkyl halides is 2. The third kappa shape index (κ3) is 7.62. The van der Waals surface area contributed by atoms with E-state index in [4.69, 9.17) is 5.73 Å². The molecule has 2 saturated carbocycles. The van der Waals surface area contributed by atoms with Gasteiger partial charge in [-0.15, -0.1) is 0 Å². The second kappa shape index (κ2) is 13.4. The summed E-state index contributed by atoms with van der Waals surface area (Å²) in [5.74, 6) is -11.6. The number of nitrogens with one attached hydrogen (secondary N) is 2. The lowest BCUT2D eigenvalue weighted by atomic mass is 9.76. The van der Waals surface area contributed by atoms with E-state index in [1.165, 1.54) is 12.1 Å². The number of nitrogens with zero attached hydrogens (tertiary/aromatic N) is 2. The summed E-state index contributed by atoms with van der Waals surface area (Å²) in [5.41, 5.74) is 5.04. The Morgan fingerprint density at radius 2 is 1.67 bits per heavy atom. The molecule has 1 aliphatic heterocycles. The molecule has 0 aromatic heterocycles. The summed E-state index contributed by atoms with van der Waals surface area (Å²) in [5, 5.41) is 5.13. The maximum Gasteiger partial charge on any atom is 0.336 e. The lowest BCUT2D eigenvalue weighted by molar-refractivity contribution is -0.161. The molecule has 2 aliphatic carbocycles. The van der Waals surface area contributed by atoms with Crippen molar-refractivity contribution in [1.82, 2.24) is 15.1 Å². The van der Waals surface area contributed by atoms with Gasteiger partial charge in [0.25, 0.3) is 5.91 Å². The van der Waals surface area contributed by atoms with E-state index in [-0.39, 0.29) is 17.5 Å². The highest BCUT2D eigenvalue weighted by atomic mass is 19.3. The number of rotatable bonds is 11. The molecule has 0 unspecified atom stereocenters. The fourth-order valence-corrected chi connectivity index (χ4v) is 6.06. The highest BCUT2D eigenvalue weighted by Crippen LogP contribution is 2.40. The molecular formula is C30H42F3N5O4. The molecule has 4 rings (SSSR count). The van der Waals surface area contributed by atoms with E-state index in [2.05, 4.69) is 15.5 Å². The van der Waals surface area contributed by atoms with Crippen LogP contribution in [0.25, 0.3) is 0 Å². The number of piperazine rings is 1. The summed E-state index contributed by atoms with van der Waals surface area (Å²) in [6.45, 7) is 4.13. The Morgan fingerprint density at radius 1 is 1.02 bits per heavy atom. The van der Waals surface area contributed by atoms with Crippen LogP contribution in [0.1, 0.15) is 69.8 Å². The number of hydrogen-bond donors (Lipinski definition) is 3. The Labute approximate surface area is 244 Å². The van der Waals surface area contributed by atoms with Crippen LogP contribution in [0.15, 0.2) is 18.2 Å². The number of nitrogens with two attached hydrogens (primary N) is 1. The van der Waals surface area contributed by atoms with E-state index < -0.39 is 47.3 Å². The van der Waals surface area contributed by atoms with Crippen molar-refractivity contribution in [3.05, 3.63) is 29.6 Å². The van der Waals surface area contributed by atoms with Crippen LogP contribution in [0.5, 0.6) is 0 Å². The van der Waals surface area contributed by atoms with E-state index in [0.29, 0.717) is 69.8 Å². The number of hydrogen-bond acceptors (Lipinski definition) is 5. The zero-order valence-electron chi connectivity index (χ0n) is 24.3. The molecule has 3 fully saturated rings. The van der Waals surface area contributed by atoms with Crippen LogP contribution < -0.4 is 16.4 Å². The molecule has 12 heteroatoms. The van der Waals surface area contributed by atoms with Gasteiger partial charge in [-0.05, 0) is 62.3 Å². The average Bonchev–Trinajstić information content (AvgIpc) is 3.77.